The summed E-state index contributed by atoms with van der Waals surface area (Å²) >= 11 is 3.60. The van der Waals surface area contributed by atoms with Gasteiger partial charge in [0.25, 0.3) is 0 Å². The average Bonchev–Trinajstić information content (AvgIpc) is 2.79. The van der Waals surface area contributed by atoms with Crippen molar-refractivity contribution in [2.75, 3.05) is 27.7 Å². The molecule has 0 radical (unpaired) electrons. The van der Waals surface area contributed by atoms with Crippen LogP contribution < -0.4 is 5.32 Å². The molecule has 21 heavy (non-hydrogen) atoms. The molecular formula is C14H21BrN6. The van der Waals surface area contributed by atoms with E-state index < -0.39 is 0 Å². The molecule has 6 nitrogen and oxygen atoms in total. The van der Waals surface area contributed by atoms with Crippen LogP contribution >= 0.6 is 15.9 Å². The van der Waals surface area contributed by atoms with E-state index in [4.69, 9.17) is 0 Å². The first-order valence-electron chi connectivity index (χ1n) is 6.85. The average molecular weight is 353 g/mol. The maximum absolute atomic E-state index is 4.53. The Morgan fingerprint density at radius 3 is 2.81 bits per heavy atom. The molecule has 114 valence electrons. The van der Waals surface area contributed by atoms with Crippen LogP contribution in [-0.4, -0.2) is 52.3 Å². The standard InChI is InChI=1S/C14H21BrN6/c1-10-17-6-5-12(19-10)13(16-2)14-11(15)9-18-21(14)8-7-20(3)4/h5-6,9,13,16H,7-8H2,1-4H3. The second kappa shape index (κ2) is 7.11. The second-order valence-electron chi connectivity index (χ2n) is 5.15. The van der Waals surface area contributed by atoms with E-state index in [1.807, 2.05) is 30.9 Å². The summed E-state index contributed by atoms with van der Waals surface area (Å²) in [5.74, 6) is 0.767. The van der Waals surface area contributed by atoms with Gasteiger partial charge in [0.1, 0.15) is 5.82 Å². The number of hydrogen-bond acceptors (Lipinski definition) is 5. The number of nitrogens with zero attached hydrogens (tertiary/aromatic N) is 5. The van der Waals surface area contributed by atoms with Gasteiger partial charge in [0.2, 0.25) is 0 Å². The van der Waals surface area contributed by atoms with Gasteiger partial charge in [-0.15, -0.1) is 0 Å². The van der Waals surface area contributed by atoms with Crippen molar-refractivity contribution in [3.05, 3.63) is 40.1 Å². The van der Waals surface area contributed by atoms with Crippen LogP contribution in [0.3, 0.4) is 0 Å². The van der Waals surface area contributed by atoms with Gasteiger partial charge < -0.3 is 10.2 Å². The molecule has 2 rings (SSSR count). The van der Waals surface area contributed by atoms with Gasteiger partial charge in [-0.05, 0) is 50.1 Å². The molecule has 0 saturated carbocycles. The number of halogens is 1. The molecule has 0 saturated heterocycles. The highest BCUT2D eigenvalue weighted by Crippen LogP contribution is 2.27. The van der Waals surface area contributed by atoms with E-state index >= 15 is 0 Å². The quantitative estimate of drug-likeness (QED) is 0.855. The van der Waals surface area contributed by atoms with Gasteiger partial charge >= 0.3 is 0 Å². The Kier molecular flexibility index (Phi) is 5.44. The van der Waals surface area contributed by atoms with Crippen LogP contribution in [-0.2, 0) is 6.54 Å². The van der Waals surface area contributed by atoms with Crippen molar-refractivity contribution in [3.8, 4) is 0 Å². The monoisotopic (exact) mass is 352 g/mol. The Labute approximate surface area is 133 Å². The van der Waals surface area contributed by atoms with Gasteiger partial charge in [-0.2, -0.15) is 5.10 Å². The second-order valence-corrected chi connectivity index (χ2v) is 6.01. The number of aromatic nitrogens is 4. The smallest absolute Gasteiger partial charge is 0.125 e. The lowest BCUT2D eigenvalue weighted by Gasteiger charge is -2.19. The molecule has 1 N–H and O–H groups in total. The van der Waals surface area contributed by atoms with Crippen molar-refractivity contribution in [2.24, 2.45) is 0 Å². The van der Waals surface area contributed by atoms with Crippen molar-refractivity contribution in [3.63, 3.8) is 0 Å². The first-order chi connectivity index (χ1) is 10.0. The molecule has 0 aliphatic heterocycles. The topological polar surface area (TPSA) is 58.9 Å². The van der Waals surface area contributed by atoms with Gasteiger partial charge in [-0.1, -0.05) is 0 Å². The van der Waals surface area contributed by atoms with E-state index in [1.165, 1.54) is 0 Å². The first kappa shape index (κ1) is 16.1. The normalized spacial score (nSPS) is 12.9. The fourth-order valence-corrected chi connectivity index (χ4v) is 2.72. The Morgan fingerprint density at radius 1 is 1.43 bits per heavy atom. The van der Waals surface area contributed by atoms with Gasteiger partial charge in [-0.25, -0.2) is 9.97 Å². The number of likely N-dealkylation sites (N-methyl/N-ethyl adjacent to an activating group) is 1. The van der Waals surface area contributed by atoms with Crippen LogP contribution in [0, 0.1) is 6.92 Å². The van der Waals surface area contributed by atoms with Crippen molar-refractivity contribution in [1.82, 2.24) is 30.0 Å². The molecule has 0 spiro atoms. The Bertz CT molecular complexity index is 595. The molecule has 0 amide bonds. The summed E-state index contributed by atoms with van der Waals surface area (Å²) in [7, 11) is 6.04. The van der Waals surface area contributed by atoms with Crippen LogP contribution in [0.25, 0.3) is 0 Å². The Hall–Kier alpha value is -1.31. The van der Waals surface area contributed by atoms with E-state index in [0.717, 1.165) is 34.8 Å². The van der Waals surface area contributed by atoms with E-state index in [1.54, 1.807) is 6.20 Å². The predicted molar refractivity (Wildman–Crippen MR) is 86.2 cm³/mol. The molecule has 2 heterocycles. The lowest BCUT2D eigenvalue weighted by molar-refractivity contribution is 0.366. The summed E-state index contributed by atoms with van der Waals surface area (Å²) in [6.45, 7) is 3.66. The fraction of sp³-hybridized carbons (Fsp3) is 0.500. The number of rotatable bonds is 6. The molecule has 2 aromatic rings. The highest BCUT2D eigenvalue weighted by Gasteiger charge is 2.21. The third-order valence-corrected chi connectivity index (χ3v) is 3.86. The molecule has 0 aromatic carbocycles. The highest BCUT2D eigenvalue weighted by atomic mass is 79.9. The van der Waals surface area contributed by atoms with Crippen molar-refractivity contribution < 1.29 is 0 Å². The summed E-state index contributed by atoms with van der Waals surface area (Å²) < 4.78 is 3.00. The molecule has 0 fully saturated rings. The van der Waals surface area contributed by atoms with Gasteiger partial charge in [-0.3, -0.25) is 4.68 Å². The van der Waals surface area contributed by atoms with E-state index in [0.29, 0.717) is 0 Å². The Morgan fingerprint density at radius 2 is 2.19 bits per heavy atom. The van der Waals surface area contributed by atoms with Crippen molar-refractivity contribution in [1.29, 1.82) is 0 Å². The van der Waals surface area contributed by atoms with Crippen LogP contribution in [0.1, 0.15) is 23.3 Å². The van der Waals surface area contributed by atoms with Crippen LogP contribution in [0.2, 0.25) is 0 Å². The third-order valence-electron chi connectivity index (χ3n) is 3.25. The first-order valence-corrected chi connectivity index (χ1v) is 7.65. The minimum atomic E-state index is -0.0225. The zero-order chi connectivity index (χ0) is 15.4. The molecule has 1 atom stereocenters. The summed E-state index contributed by atoms with van der Waals surface area (Å²) in [5.41, 5.74) is 2.02. The van der Waals surface area contributed by atoms with Crippen LogP contribution in [0.15, 0.2) is 22.9 Å². The molecular weight excluding hydrogens is 332 g/mol. The molecule has 2 aromatic heterocycles. The van der Waals surface area contributed by atoms with Crippen molar-refractivity contribution in [2.45, 2.75) is 19.5 Å². The summed E-state index contributed by atoms with van der Waals surface area (Å²) in [5, 5.41) is 7.79. The highest BCUT2D eigenvalue weighted by molar-refractivity contribution is 9.10. The zero-order valence-electron chi connectivity index (χ0n) is 12.8. The lowest BCUT2D eigenvalue weighted by Crippen LogP contribution is -2.26. The van der Waals surface area contributed by atoms with Crippen LogP contribution in [0.5, 0.6) is 0 Å². The predicted octanol–water partition coefficient (Wildman–Crippen LogP) is 1.61. The molecule has 7 heteroatoms. The van der Waals surface area contributed by atoms with Gasteiger partial charge in [0, 0.05) is 12.7 Å². The molecule has 0 bridgehead atoms. The summed E-state index contributed by atoms with van der Waals surface area (Å²) in [6, 6.07) is 1.91. The molecule has 0 aliphatic rings. The van der Waals surface area contributed by atoms with Crippen molar-refractivity contribution >= 4 is 15.9 Å². The molecule has 0 aliphatic carbocycles. The number of nitrogens with one attached hydrogen (secondary N) is 1. The third kappa shape index (κ3) is 3.87. The largest absolute Gasteiger partial charge is 0.308 e. The van der Waals surface area contributed by atoms with E-state index in [9.17, 15) is 0 Å². The minimum Gasteiger partial charge on any atom is -0.308 e. The van der Waals surface area contributed by atoms with E-state index in [2.05, 4.69) is 55.3 Å². The maximum Gasteiger partial charge on any atom is 0.125 e. The van der Waals surface area contributed by atoms with Gasteiger partial charge in [0.15, 0.2) is 0 Å². The van der Waals surface area contributed by atoms with E-state index in [-0.39, 0.29) is 6.04 Å². The maximum atomic E-state index is 4.53. The molecule has 1 unspecified atom stereocenters. The lowest BCUT2D eigenvalue weighted by atomic mass is 10.1. The van der Waals surface area contributed by atoms with Crippen LogP contribution in [0.4, 0.5) is 0 Å². The minimum absolute atomic E-state index is 0.0225. The Balaban J connectivity index is 2.35. The van der Waals surface area contributed by atoms with Gasteiger partial charge in [0.05, 0.1) is 34.6 Å². The fourth-order valence-electron chi connectivity index (χ4n) is 2.19. The SMILES string of the molecule is CNC(c1ccnc(C)n1)c1c(Br)cnn1CCN(C)C. The number of aryl methyl sites for hydroxylation is 1. The summed E-state index contributed by atoms with van der Waals surface area (Å²) in [6.07, 6.45) is 3.62. The summed E-state index contributed by atoms with van der Waals surface area (Å²) in [4.78, 5) is 10.8. The number of hydrogen-bond donors (Lipinski definition) is 1. The zero-order valence-corrected chi connectivity index (χ0v) is 14.4.